The third kappa shape index (κ3) is 2.58. The van der Waals surface area contributed by atoms with Crippen LogP contribution in [0.15, 0.2) is 42.5 Å². The molecule has 2 aromatic carbocycles. The Labute approximate surface area is 126 Å². The van der Waals surface area contributed by atoms with Gasteiger partial charge in [-0.2, -0.15) is 0 Å². The largest absolute Gasteiger partial charge is 0.325 e. The third-order valence-corrected chi connectivity index (χ3v) is 4.33. The van der Waals surface area contributed by atoms with Gasteiger partial charge in [-0.25, -0.2) is 0 Å². The van der Waals surface area contributed by atoms with Crippen LogP contribution in [0.5, 0.6) is 0 Å². The van der Waals surface area contributed by atoms with Crippen molar-refractivity contribution in [3.05, 3.63) is 64.7 Å². The predicted molar refractivity (Wildman–Crippen MR) is 86.8 cm³/mol. The second-order valence-corrected chi connectivity index (χ2v) is 6.18. The molecule has 1 amide bonds. The van der Waals surface area contributed by atoms with Crippen LogP contribution in [0.4, 0.5) is 5.69 Å². The first-order valence-electron chi connectivity index (χ1n) is 7.55. The van der Waals surface area contributed by atoms with E-state index in [0.717, 1.165) is 23.2 Å². The van der Waals surface area contributed by atoms with Crippen LogP contribution in [0.1, 0.15) is 47.9 Å². The highest BCUT2D eigenvalue weighted by Gasteiger charge is 2.31. The Bertz CT molecular complexity index is 670. The lowest BCUT2D eigenvalue weighted by atomic mass is 9.91. The molecule has 0 unspecified atom stereocenters. The first-order valence-corrected chi connectivity index (χ1v) is 7.55. The molecule has 108 valence electrons. The average Bonchev–Trinajstić information content (AvgIpc) is 2.78. The zero-order valence-corrected chi connectivity index (χ0v) is 12.8. The number of carbonyl (C=O) groups excluding carboxylic acids is 1. The predicted octanol–water partition coefficient (Wildman–Crippen LogP) is 4.40. The van der Waals surface area contributed by atoms with Gasteiger partial charge in [-0.15, -0.1) is 0 Å². The fourth-order valence-corrected chi connectivity index (χ4v) is 2.98. The Morgan fingerprint density at radius 1 is 1.10 bits per heavy atom. The molecule has 2 aromatic rings. The fraction of sp³-hybridized carbons (Fsp3) is 0.316. The van der Waals surface area contributed by atoms with Gasteiger partial charge in [0.25, 0.3) is 0 Å². The van der Waals surface area contributed by atoms with E-state index in [1.54, 1.807) is 0 Å². The number of carbonyl (C=O) groups is 1. The molecule has 1 aliphatic heterocycles. The molecule has 2 heteroatoms. The van der Waals surface area contributed by atoms with Crippen LogP contribution < -0.4 is 5.32 Å². The summed E-state index contributed by atoms with van der Waals surface area (Å²) in [7, 11) is 0. The van der Waals surface area contributed by atoms with Crippen molar-refractivity contribution < 1.29 is 4.79 Å². The first kappa shape index (κ1) is 13.9. The summed E-state index contributed by atoms with van der Waals surface area (Å²) in [4.78, 5) is 12.3. The second kappa shape index (κ2) is 5.36. The average molecular weight is 279 g/mol. The molecule has 2 nitrogen and oxygen atoms in total. The molecule has 0 spiro atoms. The van der Waals surface area contributed by atoms with E-state index in [0.29, 0.717) is 5.92 Å². The summed E-state index contributed by atoms with van der Waals surface area (Å²) in [5, 5.41) is 3.03. The maximum absolute atomic E-state index is 12.3. The molecule has 0 saturated heterocycles. The molecule has 0 aromatic heterocycles. The number of hydrogen-bond acceptors (Lipinski definition) is 1. The van der Waals surface area contributed by atoms with E-state index in [-0.39, 0.29) is 11.8 Å². The lowest BCUT2D eigenvalue weighted by Crippen LogP contribution is -2.14. The van der Waals surface area contributed by atoms with Gasteiger partial charge in [0.05, 0.1) is 5.92 Å². The lowest BCUT2D eigenvalue weighted by molar-refractivity contribution is -0.117. The van der Waals surface area contributed by atoms with Gasteiger partial charge in [0.15, 0.2) is 0 Å². The molecular formula is C19H21NO. The Kier molecular flexibility index (Phi) is 3.54. The van der Waals surface area contributed by atoms with E-state index in [2.05, 4.69) is 49.5 Å². The van der Waals surface area contributed by atoms with Gasteiger partial charge >= 0.3 is 0 Å². The molecule has 0 saturated carbocycles. The van der Waals surface area contributed by atoms with E-state index in [1.165, 1.54) is 11.1 Å². The highest BCUT2D eigenvalue weighted by molar-refractivity contribution is 6.03. The van der Waals surface area contributed by atoms with Crippen molar-refractivity contribution in [1.29, 1.82) is 0 Å². The quantitative estimate of drug-likeness (QED) is 0.886. The molecule has 1 N–H and O–H groups in total. The lowest BCUT2D eigenvalue weighted by Gasteiger charge is -2.11. The van der Waals surface area contributed by atoms with Crippen LogP contribution >= 0.6 is 0 Å². The minimum absolute atomic E-state index is 0.0650. The number of aryl methyl sites for hydroxylation is 1. The summed E-state index contributed by atoms with van der Waals surface area (Å²) < 4.78 is 0. The smallest absolute Gasteiger partial charge is 0.232 e. The van der Waals surface area contributed by atoms with Crippen LogP contribution in [0.3, 0.4) is 0 Å². The summed E-state index contributed by atoms with van der Waals surface area (Å²) in [5.74, 6) is 0.592. The van der Waals surface area contributed by atoms with E-state index in [1.807, 2.05) is 19.1 Å². The maximum Gasteiger partial charge on any atom is 0.232 e. The van der Waals surface area contributed by atoms with Crippen molar-refractivity contribution in [2.45, 2.75) is 39.0 Å². The van der Waals surface area contributed by atoms with Crippen molar-refractivity contribution in [3.63, 3.8) is 0 Å². The van der Waals surface area contributed by atoms with Gasteiger partial charge in [0, 0.05) is 5.69 Å². The number of benzene rings is 2. The molecule has 0 bridgehead atoms. The topological polar surface area (TPSA) is 29.1 Å². The number of rotatable bonds is 3. The van der Waals surface area contributed by atoms with E-state index >= 15 is 0 Å². The number of amides is 1. The third-order valence-electron chi connectivity index (χ3n) is 4.33. The normalized spacial score (nSPS) is 17.0. The van der Waals surface area contributed by atoms with Gasteiger partial charge in [-0.3, -0.25) is 4.79 Å². The van der Waals surface area contributed by atoms with Crippen molar-refractivity contribution in [1.82, 2.24) is 0 Å². The molecule has 21 heavy (non-hydrogen) atoms. The Morgan fingerprint density at radius 2 is 1.81 bits per heavy atom. The highest BCUT2D eigenvalue weighted by atomic mass is 16.2. The summed E-state index contributed by atoms with van der Waals surface area (Å²) in [6.45, 7) is 6.43. The van der Waals surface area contributed by atoms with Crippen molar-refractivity contribution in [3.8, 4) is 0 Å². The number of nitrogens with one attached hydrogen (secondary N) is 1. The number of hydrogen-bond donors (Lipinski definition) is 1. The highest BCUT2D eigenvalue weighted by Crippen LogP contribution is 2.36. The summed E-state index contributed by atoms with van der Waals surface area (Å²) in [6, 6.07) is 14.8. The SMILES string of the molecule is Cc1cccc2c1NC(=O)[C@@H]2Cc1ccc(C(C)C)cc1. The van der Waals surface area contributed by atoms with E-state index in [4.69, 9.17) is 0 Å². The second-order valence-electron chi connectivity index (χ2n) is 6.18. The van der Waals surface area contributed by atoms with Crippen LogP contribution in [-0.4, -0.2) is 5.91 Å². The van der Waals surface area contributed by atoms with Gasteiger partial charge in [-0.05, 0) is 41.5 Å². The monoisotopic (exact) mass is 279 g/mol. The standard InChI is InChI=1S/C19H21NO/c1-12(2)15-9-7-14(8-10-15)11-17-16-6-4-5-13(3)18(16)20-19(17)21/h4-10,12,17H,11H2,1-3H3,(H,20,21)/t17-/m1/s1. The van der Waals surface area contributed by atoms with Crippen molar-refractivity contribution >= 4 is 11.6 Å². The number of anilines is 1. The Balaban J connectivity index is 1.86. The van der Waals surface area contributed by atoms with E-state index in [9.17, 15) is 4.79 Å². The molecule has 0 aliphatic carbocycles. The summed E-state index contributed by atoms with van der Waals surface area (Å²) >= 11 is 0. The van der Waals surface area contributed by atoms with Crippen molar-refractivity contribution in [2.75, 3.05) is 5.32 Å². The van der Waals surface area contributed by atoms with Gasteiger partial charge in [-0.1, -0.05) is 56.3 Å². The summed E-state index contributed by atoms with van der Waals surface area (Å²) in [5.41, 5.74) is 5.83. The van der Waals surface area contributed by atoms with Crippen LogP contribution in [-0.2, 0) is 11.2 Å². The molecule has 0 radical (unpaired) electrons. The summed E-state index contributed by atoms with van der Waals surface area (Å²) in [6.07, 6.45) is 0.765. The first-order chi connectivity index (χ1) is 10.1. The number of fused-ring (bicyclic) bond motifs is 1. The van der Waals surface area contributed by atoms with Crippen molar-refractivity contribution in [2.24, 2.45) is 0 Å². The van der Waals surface area contributed by atoms with Gasteiger partial charge < -0.3 is 5.32 Å². The zero-order chi connectivity index (χ0) is 15.0. The Morgan fingerprint density at radius 3 is 2.48 bits per heavy atom. The molecule has 0 fully saturated rings. The molecular weight excluding hydrogens is 258 g/mol. The molecule has 1 atom stereocenters. The fourth-order valence-electron chi connectivity index (χ4n) is 2.98. The number of para-hydroxylation sites is 1. The van der Waals surface area contributed by atoms with Crippen LogP contribution in [0.25, 0.3) is 0 Å². The zero-order valence-electron chi connectivity index (χ0n) is 12.8. The Hall–Kier alpha value is -2.09. The maximum atomic E-state index is 12.3. The van der Waals surface area contributed by atoms with E-state index < -0.39 is 0 Å². The molecule has 3 rings (SSSR count). The van der Waals surface area contributed by atoms with Crippen LogP contribution in [0.2, 0.25) is 0 Å². The van der Waals surface area contributed by atoms with Gasteiger partial charge in [0.1, 0.15) is 0 Å². The molecule has 1 aliphatic rings. The minimum Gasteiger partial charge on any atom is -0.325 e. The minimum atomic E-state index is -0.0650. The van der Waals surface area contributed by atoms with Gasteiger partial charge in [0.2, 0.25) is 5.91 Å². The molecule has 1 heterocycles. The van der Waals surface area contributed by atoms with Crippen LogP contribution in [0, 0.1) is 6.92 Å².